The number of aryl methyl sites for hydroxylation is 1. The van der Waals surface area contributed by atoms with Crippen LogP contribution in [0.1, 0.15) is 11.1 Å². The molecule has 0 spiro atoms. The van der Waals surface area contributed by atoms with Gasteiger partial charge >= 0.3 is 0 Å². The van der Waals surface area contributed by atoms with Crippen LogP contribution in [0.5, 0.6) is 0 Å². The number of nitro groups is 1. The van der Waals surface area contributed by atoms with Gasteiger partial charge in [-0.25, -0.2) is 4.39 Å². The number of anilines is 1. The topological polar surface area (TPSA) is 55.2 Å². The van der Waals surface area contributed by atoms with Gasteiger partial charge in [0.1, 0.15) is 5.82 Å². The molecule has 0 aliphatic rings. The number of hydrogen-bond donors (Lipinski definition) is 1. The molecule has 19 heavy (non-hydrogen) atoms. The van der Waals surface area contributed by atoms with E-state index in [9.17, 15) is 14.5 Å². The number of nitro benzene ring substituents is 1. The summed E-state index contributed by atoms with van der Waals surface area (Å²) in [5.41, 5.74) is 2.17. The molecule has 0 amide bonds. The van der Waals surface area contributed by atoms with Crippen molar-refractivity contribution in [1.29, 1.82) is 0 Å². The lowest BCUT2D eigenvalue weighted by Gasteiger charge is -2.08. The Hall–Kier alpha value is -2.43. The molecule has 0 radical (unpaired) electrons. The van der Waals surface area contributed by atoms with E-state index < -0.39 is 10.7 Å². The van der Waals surface area contributed by atoms with Gasteiger partial charge in [0.05, 0.1) is 10.5 Å². The standard InChI is InChI=1S/C14H13FN2O2/c1-10-3-2-4-13(7-10)16-9-11-8-12(15)5-6-14(11)17(18)19/h2-8,16H,9H2,1H3. The van der Waals surface area contributed by atoms with Gasteiger partial charge in [0.25, 0.3) is 5.69 Å². The van der Waals surface area contributed by atoms with Gasteiger partial charge in [0, 0.05) is 18.3 Å². The van der Waals surface area contributed by atoms with Gasteiger partial charge in [-0.05, 0) is 36.8 Å². The van der Waals surface area contributed by atoms with E-state index in [-0.39, 0.29) is 12.2 Å². The van der Waals surface area contributed by atoms with Crippen LogP contribution in [0.25, 0.3) is 0 Å². The van der Waals surface area contributed by atoms with Crippen LogP contribution in [0.15, 0.2) is 42.5 Å². The van der Waals surface area contributed by atoms with Gasteiger partial charge in [0.2, 0.25) is 0 Å². The molecule has 98 valence electrons. The minimum Gasteiger partial charge on any atom is -0.381 e. The van der Waals surface area contributed by atoms with E-state index in [0.29, 0.717) is 5.56 Å². The summed E-state index contributed by atoms with van der Waals surface area (Å²) in [5, 5.41) is 13.9. The normalized spacial score (nSPS) is 10.2. The third-order valence-electron chi connectivity index (χ3n) is 2.74. The SMILES string of the molecule is Cc1cccc(NCc2cc(F)ccc2[N+](=O)[O-])c1. The molecule has 0 aliphatic carbocycles. The largest absolute Gasteiger partial charge is 0.381 e. The Labute approximate surface area is 110 Å². The Morgan fingerprint density at radius 1 is 1.26 bits per heavy atom. The maximum absolute atomic E-state index is 13.2. The zero-order valence-electron chi connectivity index (χ0n) is 10.4. The first-order chi connectivity index (χ1) is 9.06. The molecule has 0 fully saturated rings. The van der Waals surface area contributed by atoms with Crippen LogP contribution in [0.3, 0.4) is 0 Å². The quantitative estimate of drug-likeness (QED) is 0.674. The molecule has 4 nitrogen and oxygen atoms in total. The molecular formula is C14H13FN2O2. The highest BCUT2D eigenvalue weighted by Gasteiger charge is 2.13. The molecule has 0 saturated heterocycles. The first-order valence-corrected chi connectivity index (χ1v) is 5.79. The second kappa shape index (κ2) is 5.48. The summed E-state index contributed by atoms with van der Waals surface area (Å²) in [6.45, 7) is 2.16. The number of nitrogens with one attached hydrogen (secondary N) is 1. The van der Waals surface area contributed by atoms with Crippen LogP contribution < -0.4 is 5.32 Å². The van der Waals surface area contributed by atoms with E-state index in [1.165, 1.54) is 12.1 Å². The van der Waals surface area contributed by atoms with Crippen molar-refractivity contribution in [2.24, 2.45) is 0 Å². The minimum atomic E-state index is -0.507. The number of hydrogen-bond acceptors (Lipinski definition) is 3. The summed E-state index contributed by atoms with van der Waals surface area (Å²) in [6, 6.07) is 11.1. The second-order valence-electron chi connectivity index (χ2n) is 4.25. The molecule has 0 heterocycles. The van der Waals surface area contributed by atoms with Crippen LogP contribution >= 0.6 is 0 Å². The highest BCUT2D eigenvalue weighted by atomic mass is 19.1. The average Bonchev–Trinajstić information content (AvgIpc) is 2.36. The Bertz CT molecular complexity index is 614. The average molecular weight is 260 g/mol. The van der Waals surface area contributed by atoms with Gasteiger partial charge in [-0.15, -0.1) is 0 Å². The lowest BCUT2D eigenvalue weighted by atomic mass is 10.1. The molecule has 0 atom stereocenters. The minimum absolute atomic E-state index is 0.0819. The van der Waals surface area contributed by atoms with Gasteiger partial charge < -0.3 is 5.32 Å². The van der Waals surface area contributed by atoms with E-state index in [2.05, 4.69) is 5.32 Å². The smallest absolute Gasteiger partial charge is 0.274 e. The van der Waals surface area contributed by atoms with Crippen molar-refractivity contribution in [3.63, 3.8) is 0 Å². The predicted molar refractivity (Wildman–Crippen MR) is 71.6 cm³/mol. The Morgan fingerprint density at radius 2 is 2.05 bits per heavy atom. The number of nitrogens with zero attached hydrogens (tertiary/aromatic N) is 1. The lowest BCUT2D eigenvalue weighted by molar-refractivity contribution is -0.385. The van der Waals surface area contributed by atoms with Crippen molar-refractivity contribution in [3.8, 4) is 0 Å². The van der Waals surface area contributed by atoms with Crippen molar-refractivity contribution in [1.82, 2.24) is 0 Å². The molecule has 1 N–H and O–H groups in total. The van der Waals surface area contributed by atoms with E-state index in [1.54, 1.807) is 0 Å². The first kappa shape index (κ1) is 13.0. The van der Waals surface area contributed by atoms with Crippen molar-refractivity contribution in [2.75, 3.05) is 5.32 Å². The van der Waals surface area contributed by atoms with E-state index in [4.69, 9.17) is 0 Å². The third-order valence-corrected chi connectivity index (χ3v) is 2.74. The summed E-state index contributed by atoms with van der Waals surface area (Å²) < 4.78 is 13.2. The fourth-order valence-corrected chi connectivity index (χ4v) is 1.83. The molecule has 2 aromatic rings. The fraction of sp³-hybridized carbons (Fsp3) is 0.143. The van der Waals surface area contributed by atoms with Crippen LogP contribution in [-0.2, 0) is 6.54 Å². The van der Waals surface area contributed by atoms with Crippen molar-refractivity contribution in [3.05, 3.63) is 69.5 Å². The van der Waals surface area contributed by atoms with Gasteiger partial charge in [-0.3, -0.25) is 10.1 Å². The number of benzene rings is 2. The Kier molecular flexibility index (Phi) is 3.75. The highest BCUT2D eigenvalue weighted by molar-refractivity contribution is 5.48. The highest BCUT2D eigenvalue weighted by Crippen LogP contribution is 2.21. The van der Waals surface area contributed by atoms with Crippen molar-refractivity contribution in [2.45, 2.75) is 13.5 Å². The molecule has 0 bridgehead atoms. The molecular weight excluding hydrogens is 247 g/mol. The van der Waals surface area contributed by atoms with Gasteiger partial charge in [0.15, 0.2) is 0 Å². The van der Waals surface area contributed by atoms with Crippen LogP contribution in [0.2, 0.25) is 0 Å². The summed E-state index contributed by atoms with van der Waals surface area (Å²) >= 11 is 0. The Balaban J connectivity index is 2.19. The van der Waals surface area contributed by atoms with E-state index >= 15 is 0 Å². The van der Waals surface area contributed by atoms with Gasteiger partial charge in [-0.1, -0.05) is 12.1 Å². The zero-order valence-corrected chi connectivity index (χ0v) is 10.4. The number of halogens is 1. The maximum Gasteiger partial charge on any atom is 0.274 e. The van der Waals surface area contributed by atoms with Crippen molar-refractivity contribution < 1.29 is 9.31 Å². The molecule has 0 aromatic heterocycles. The van der Waals surface area contributed by atoms with E-state index in [1.807, 2.05) is 31.2 Å². The summed E-state index contributed by atoms with van der Waals surface area (Å²) in [6.07, 6.45) is 0. The summed E-state index contributed by atoms with van der Waals surface area (Å²) in [4.78, 5) is 10.3. The van der Waals surface area contributed by atoms with Crippen LogP contribution in [-0.4, -0.2) is 4.92 Å². The predicted octanol–water partition coefficient (Wildman–Crippen LogP) is 3.65. The first-order valence-electron chi connectivity index (χ1n) is 5.79. The molecule has 0 unspecified atom stereocenters. The fourth-order valence-electron chi connectivity index (χ4n) is 1.83. The maximum atomic E-state index is 13.2. The summed E-state index contributed by atoms with van der Waals surface area (Å²) in [7, 11) is 0. The van der Waals surface area contributed by atoms with Crippen molar-refractivity contribution >= 4 is 11.4 Å². The molecule has 0 saturated carbocycles. The third kappa shape index (κ3) is 3.28. The Morgan fingerprint density at radius 3 is 2.74 bits per heavy atom. The monoisotopic (exact) mass is 260 g/mol. The van der Waals surface area contributed by atoms with Crippen LogP contribution in [0, 0.1) is 22.9 Å². The van der Waals surface area contributed by atoms with Crippen LogP contribution in [0.4, 0.5) is 15.8 Å². The van der Waals surface area contributed by atoms with E-state index in [0.717, 1.165) is 17.3 Å². The number of rotatable bonds is 4. The second-order valence-corrected chi connectivity index (χ2v) is 4.25. The lowest BCUT2D eigenvalue weighted by Crippen LogP contribution is -2.03. The molecule has 2 rings (SSSR count). The molecule has 0 aliphatic heterocycles. The molecule has 2 aromatic carbocycles. The zero-order chi connectivity index (χ0) is 13.8. The molecule has 5 heteroatoms. The summed E-state index contributed by atoms with van der Waals surface area (Å²) in [5.74, 6) is -0.480. The van der Waals surface area contributed by atoms with Gasteiger partial charge in [-0.2, -0.15) is 0 Å².